The van der Waals surface area contributed by atoms with Gasteiger partial charge in [-0.25, -0.2) is 0 Å². The molecular weight excluding hydrogens is 250 g/mol. The van der Waals surface area contributed by atoms with Crippen molar-refractivity contribution in [1.82, 2.24) is 0 Å². The lowest BCUT2D eigenvalue weighted by atomic mass is 9.97. The smallest absolute Gasteiger partial charge is 0.258 e. The summed E-state index contributed by atoms with van der Waals surface area (Å²) >= 11 is 0. The summed E-state index contributed by atoms with van der Waals surface area (Å²) in [5.74, 6) is 0. The van der Waals surface area contributed by atoms with Gasteiger partial charge in [0.2, 0.25) is 0 Å². The standard InChI is InChI=1S/C12H12N3O4/c1-7-3-4-11(15(18)19)10(8(7)2)5-9-6-14(17)12(16)13-9/h3-4H,5-6H2,1-2H3/q+1. The number of hydrogen-bond acceptors (Lipinski definition) is 4. The lowest BCUT2D eigenvalue weighted by Crippen LogP contribution is -2.14. The van der Waals surface area contributed by atoms with E-state index < -0.39 is 11.0 Å². The zero-order chi connectivity index (χ0) is 14.2. The number of nitro benzene ring substituents is 1. The molecule has 0 atom stereocenters. The van der Waals surface area contributed by atoms with Gasteiger partial charge in [-0.3, -0.25) is 10.1 Å². The molecule has 1 aromatic rings. The molecule has 1 heterocycles. The Morgan fingerprint density at radius 3 is 2.63 bits per heavy atom. The molecule has 2 amide bonds. The monoisotopic (exact) mass is 262 g/mol. The van der Waals surface area contributed by atoms with Crippen molar-refractivity contribution in [1.29, 1.82) is 0 Å². The van der Waals surface area contributed by atoms with Crippen LogP contribution in [-0.4, -0.2) is 28.0 Å². The Bertz CT molecular complexity index is 634. The number of benzene rings is 1. The van der Waals surface area contributed by atoms with Crippen molar-refractivity contribution in [2.45, 2.75) is 20.3 Å². The van der Waals surface area contributed by atoms with Crippen LogP contribution in [0.2, 0.25) is 0 Å². The molecule has 0 spiro atoms. The van der Waals surface area contributed by atoms with Crippen LogP contribution in [0.1, 0.15) is 16.7 Å². The zero-order valence-corrected chi connectivity index (χ0v) is 10.5. The topological polar surface area (TPSA) is 92.7 Å². The van der Waals surface area contributed by atoms with Crippen LogP contribution in [0, 0.1) is 28.9 Å². The molecule has 0 bridgehead atoms. The fraction of sp³-hybridized carbons (Fsp3) is 0.333. The molecule has 98 valence electrons. The lowest BCUT2D eigenvalue weighted by molar-refractivity contribution is -0.424. The van der Waals surface area contributed by atoms with E-state index >= 15 is 0 Å². The molecule has 1 aromatic carbocycles. The summed E-state index contributed by atoms with van der Waals surface area (Å²) < 4.78 is 0.242. The van der Waals surface area contributed by atoms with E-state index in [2.05, 4.69) is 4.99 Å². The van der Waals surface area contributed by atoms with E-state index in [4.69, 9.17) is 0 Å². The molecule has 2 rings (SSSR count). The Morgan fingerprint density at radius 1 is 1.42 bits per heavy atom. The predicted molar refractivity (Wildman–Crippen MR) is 67.6 cm³/mol. The highest BCUT2D eigenvalue weighted by Gasteiger charge is 2.35. The van der Waals surface area contributed by atoms with Gasteiger partial charge in [-0.2, -0.15) is 4.79 Å². The third kappa shape index (κ3) is 2.40. The first-order chi connectivity index (χ1) is 8.90. The number of aliphatic imine (C=N–C) groups is 1. The van der Waals surface area contributed by atoms with E-state index in [0.717, 1.165) is 11.1 Å². The van der Waals surface area contributed by atoms with Crippen LogP contribution < -0.4 is 0 Å². The molecule has 0 unspecified atom stereocenters. The Hall–Kier alpha value is -2.44. The highest BCUT2D eigenvalue weighted by atomic mass is 16.6. The van der Waals surface area contributed by atoms with Crippen LogP contribution >= 0.6 is 0 Å². The average molecular weight is 262 g/mol. The summed E-state index contributed by atoms with van der Waals surface area (Å²) in [4.78, 5) is 36.3. The number of aryl methyl sites for hydroxylation is 1. The Labute approximate surface area is 108 Å². The second-order valence-corrected chi connectivity index (χ2v) is 4.44. The van der Waals surface area contributed by atoms with Gasteiger partial charge in [0.15, 0.2) is 12.3 Å². The van der Waals surface area contributed by atoms with Crippen LogP contribution in [0.25, 0.3) is 0 Å². The Kier molecular flexibility index (Phi) is 3.20. The van der Waals surface area contributed by atoms with E-state index in [-0.39, 0.29) is 23.4 Å². The van der Waals surface area contributed by atoms with E-state index in [0.29, 0.717) is 11.3 Å². The van der Waals surface area contributed by atoms with Crippen molar-refractivity contribution in [2.75, 3.05) is 6.54 Å². The predicted octanol–water partition coefficient (Wildman–Crippen LogP) is 2.11. The highest BCUT2D eigenvalue weighted by molar-refractivity contribution is 5.99. The number of nitro groups is 1. The maximum Gasteiger partial charge on any atom is 0.578 e. The van der Waals surface area contributed by atoms with Crippen molar-refractivity contribution in [3.8, 4) is 0 Å². The van der Waals surface area contributed by atoms with Gasteiger partial charge >= 0.3 is 6.03 Å². The summed E-state index contributed by atoms with van der Waals surface area (Å²) in [5, 5.41) is 11.0. The normalized spacial score (nSPS) is 14.7. The molecule has 0 fully saturated rings. The number of carbonyl (C=O) groups excluding carboxylic acids is 1. The van der Waals surface area contributed by atoms with Gasteiger partial charge in [-0.05, 0) is 30.0 Å². The molecule has 1 aliphatic heterocycles. The number of amides is 2. The van der Waals surface area contributed by atoms with Crippen LogP contribution in [0.3, 0.4) is 0 Å². The van der Waals surface area contributed by atoms with Crippen molar-refractivity contribution in [2.24, 2.45) is 4.99 Å². The number of rotatable bonds is 3. The van der Waals surface area contributed by atoms with E-state index in [9.17, 15) is 19.8 Å². The molecular formula is C12H12N3O4+. The van der Waals surface area contributed by atoms with E-state index in [1.807, 2.05) is 6.92 Å². The number of nitroso groups, excluding NO2 is 1. The molecule has 0 saturated heterocycles. The van der Waals surface area contributed by atoms with Gasteiger partial charge in [0.1, 0.15) is 0 Å². The fourth-order valence-electron chi connectivity index (χ4n) is 2.01. The largest absolute Gasteiger partial charge is 0.578 e. The first-order valence-corrected chi connectivity index (χ1v) is 5.68. The number of carbonyl (C=O) groups is 1. The highest BCUT2D eigenvalue weighted by Crippen LogP contribution is 2.26. The fourth-order valence-corrected chi connectivity index (χ4v) is 2.01. The van der Waals surface area contributed by atoms with Gasteiger partial charge in [0, 0.05) is 22.8 Å². The number of hydrogen-bond donors (Lipinski definition) is 0. The molecule has 0 aliphatic carbocycles. The first-order valence-electron chi connectivity index (χ1n) is 5.68. The van der Waals surface area contributed by atoms with E-state index in [1.54, 1.807) is 13.0 Å². The SMILES string of the molecule is Cc1ccc([N+](=O)[O-])c(CC2=NC(=O)[N+](=O)C2)c1C. The molecule has 19 heavy (non-hydrogen) atoms. The Morgan fingerprint density at radius 2 is 2.11 bits per heavy atom. The minimum absolute atomic E-state index is 0.0115. The molecule has 7 heteroatoms. The van der Waals surface area contributed by atoms with Crippen LogP contribution in [-0.2, 0) is 6.42 Å². The minimum Gasteiger partial charge on any atom is -0.258 e. The number of nitrogens with zero attached hydrogens (tertiary/aromatic N) is 3. The third-order valence-corrected chi connectivity index (χ3v) is 3.22. The second-order valence-electron chi connectivity index (χ2n) is 4.44. The second kappa shape index (κ2) is 4.68. The summed E-state index contributed by atoms with van der Waals surface area (Å²) in [6.07, 6.45) is 0.147. The van der Waals surface area contributed by atoms with Crippen molar-refractivity contribution < 1.29 is 14.5 Å². The maximum atomic E-state index is 11.1. The third-order valence-electron chi connectivity index (χ3n) is 3.22. The first kappa shape index (κ1) is 13.0. The molecule has 0 saturated carbocycles. The molecule has 0 N–H and O–H groups in total. The maximum absolute atomic E-state index is 11.1. The molecule has 7 nitrogen and oxygen atoms in total. The summed E-state index contributed by atoms with van der Waals surface area (Å²) in [7, 11) is 0. The van der Waals surface area contributed by atoms with Crippen LogP contribution in [0.5, 0.6) is 0 Å². The quantitative estimate of drug-likeness (QED) is 0.473. The summed E-state index contributed by atoms with van der Waals surface area (Å²) in [5.41, 5.74) is 2.56. The van der Waals surface area contributed by atoms with Gasteiger partial charge < -0.3 is 0 Å². The lowest BCUT2D eigenvalue weighted by Gasteiger charge is -2.07. The van der Waals surface area contributed by atoms with Crippen LogP contribution in [0.15, 0.2) is 17.1 Å². The van der Waals surface area contributed by atoms with E-state index in [1.165, 1.54) is 6.07 Å². The van der Waals surface area contributed by atoms with Crippen molar-refractivity contribution in [3.05, 3.63) is 43.8 Å². The van der Waals surface area contributed by atoms with Crippen molar-refractivity contribution >= 4 is 17.4 Å². The van der Waals surface area contributed by atoms with Gasteiger partial charge in [0.05, 0.1) is 4.92 Å². The molecule has 0 aromatic heterocycles. The van der Waals surface area contributed by atoms with Crippen molar-refractivity contribution in [3.63, 3.8) is 0 Å². The molecule has 0 radical (unpaired) electrons. The average Bonchev–Trinajstić information content (AvgIpc) is 2.64. The number of urea groups is 1. The Balaban J connectivity index is 2.42. The minimum atomic E-state index is -0.844. The van der Waals surface area contributed by atoms with Gasteiger partial charge in [-0.15, -0.1) is 0 Å². The van der Waals surface area contributed by atoms with Gasteiger partial charge in [0.25, 0.3) is 5.69 Å². The molecule has 1 aliphatic rings. The van der Waals surface area contributed by atoms with Crippen LogP contribution in [0.4, 0.5) is 10.5 Å². The van der Waals surface area contributed by atoms with Gasteiger partial charge in [-0.1, -0.05) is 11.0 Å². The zero-order valence-electron chi connectivity index (χ0n) is 10.5. The summed E-state index contributed by atoms with van der Waals surface area (Å²) in [6, 6.07) is 2.27. The summed E-state index contributed by atoms with van der Waals surface area (Å²) in [6.45, 7) is 3.51.